The van der Waals surface area contributed by atoms with Gasteiger partial charge in [0, 0.05) is 11.5 Å². The van der Waals surface area contributed by atoms with Crippen molar-refractivity contribution in [1.82, 2.24) is 9.97 Å². The van der Waals surface area contributed by atoms with E-state index in [1.807, 2.05) is 24.3 Å². The van der Waals surface area contributed by atoms with Gasteiger partial charge < -0.3 is 14.9 Å². The number of benzene rings is 1. The second-order valence-electron chi connectivity index (χ2n) is 7.13. The number of hydrogen-bond donors (Lipinski definition) is 2. The summed E-state index contributed by atoms with van der Waals surface area (Å²) in [6.45, 7) is 8.01. The van der Waals surface area contributed by atoms with Crippen LogP contribution in [0.5, 0.6) is 17.4 Å². The Morgan fingerprint density at radius 1 is 1.12 bits per heavy atom. The molecule has 6 nitrogen and oxygen atoms in total. The van der Waals surface area contributed by atoms with E-state index in [2.05, 4.69) is 30.7 Å². The smallest absolute Gasteiger partial charge is 0.358 e. The third kappa shape index (κ3) is 3.31. The van der Waals surface area contributed by atoms with E-state index in [-0.39, 0.29) is 11.1 Å². The van der Waals surface area contributed by atoms with Gasteiger partial charge in [-0.1, -0.05) is 32.9 Å². The van der Waals surface area contributed by atoms with Gasteiger partial charge >= 0.3 is 5.97 Å². The number of aryl methyl sites for hydroxylation is 1. The first kappa shape index (κ1) is 17.7. The van der Waals surface area contributed by atoms with Crippen LogP contribution in [0.15, 0.2) is 36.4 Å². The van der Waals surface area contributed by atoms with Gasteiger partial charge in [-0.3, -0.25) is 0 Å². The summed E-state index contributed by atoms with van der Waals surface area (Å²) in [5.41, 5.74) is 1.55. The lowest BCUT2D eigenvalue weighted by molar-refractivity contribution is 0.0687. The highest BCUT2D eigenvalue weighted by molar-refractivity contribution is 5.98. The Morgan fingerprint density at radius 2 is 1.85 bits per heavy atom. The first-order chi connectivity index (χ1) is 12.2. The maximum atomic E-state index is 11.2. The van der Waals surface area contributed by atoms with Gasteiger partial charge in [-0.05, 0) is 36.1 Å². The zero-order valence-corrected chi connectivity index (χ0v) is 15.1. The zero-order valence-electron chi connectivity index (χ0n) is 15.1. The fourth-order valence-corrected chi connectivity index (χ4v) is 2.66. The molecule has 2 N–H and O–H groups in total. The molecule has 6 heteroatoms. The molecule has 3 rings (SSSR count). The molecule has 26 heavy (non-hydrogen) atoms. The molecule has 0 saturated carbocycles. The van der Waals surface area contributed by atoms with Crippen LogP contribution in [0.1, 0.15) is 42.5 Å². The number of carbonyl (C=O) groups is 1. The molecule has 0 fully saturated rings. The zero-order chi connectivity index (χ0) is 19.1. The number of hydrogen-bond acceptors (Lipinski definition) is 5. The average molecular weight is 352 g/mol. The standard InChI is InChI=1S/C20H20N2O4/c1-11-16-14(18(23)17(21-11)19(24)25)8-9-15(22-16)26-13-7-5-6-12(10-13)20(2,3)4/h5-10,23H,1-4H3,(H,24,25). The number of pyridine rings is 2. The number of carboxylic acid groups (broad SMARTS) is 1. The van der Waals surface area contributed by atoms with Gasteiger partial charge in [-0.2, -0.15) is 0 Å². The molecule has 0 spiro atoms. The Balaban J connectivity index is 2.02. The minimum absolute atomic E-state index is 0.00425. The molecule has 0 saturated heterocycles. The van der Waals surface area contributed by atoms with E-state index >= 15 is 0 Å². The molecule has 3 aromatic rings. The third-order valence-corrected chi connectivity index (χ3v) is 4.10. The van der Waals surface area contributed by atoms with Gasteiger partial charge in [0.1, 0.15) is 5.75 Å². The second kappa shape index (κ2) is 6.29. The van der Waals surface area contributed by atoms with Crippen LogP contribution in [0, 0.1) is 6.92 Å². The van der Waals surface area contributed by atoms with Crippen LogP contribution in [-0.4, -0.2) is 26.2 Å². The van der Waals surface area contributed by atoms with Crippen molar-refractivity contribution in [3.8, 4) is 17.4 Å². The van der Waals surface area contributed by atoms with Gasteiger partial charge in [0.05, 0.1) is 11.2 Å². The summed E-state index contributed by atoms with van der Waals surface area (Å²) in [4.78, 5) is 19.5. The average Bonchev–Trinajstić information content (AvgIpc) is 2.57. The number of fused-ring (bicyclic) bond motifs is 1. The number of ether oxygens (including phenoxy) is 1. The van der Waals surface area contributed by atoms with Crippen LogP contribution < -0.4 is 4.74 Å². The molecular weight excluding hydrogens is 332 g/mol. The summed E-state index contributed by atoms with van der Waals surface area (Å²) in [7, 11) is 0. The maximum absolute atomic E-state index is 11.2. The molecule has 2 heterocycles. The van der Waals surface area contributed by atoms with E-state index in [1.54, 1.807) is 19.1 Å². The topological polar surface area (TPSA) is 92.5 Å². The molecule has 0 bridgehead atoms. The van der Waals surface area contributed by atoms with Gasteiger partial charge in [-0.25, -0.2) is 14.8 Å². The van der Waals surface area contributed by atoms with E-state index in [9.17, 15) is 9.90 Å². The highest BCUT2D eigenvalue weighted by Gasteiger charge is 2.18. The molecule has 0 unspecified atom stereocenters. The van der Waals surface area contributed by atoms with E-state index in [4.69, 9.17) is 9.84 Å². The van der Waals surface area contributed by atoms with Gasteiger partial charge in [0.15, 0.2) is 11.4 Å². The number of aromatic carboxylic acids is 1. The summed E-state index contributed by atoms with van der Waals surface area (Å²) in [5.74, 6) is -0.684. The predicted octanol–water partition coefficient (Wildman–Crippen LogP) is 4.43. The van der Waals surface area contributed by atoms with Crippen LogP contribution in [0.4, 0.5) is 0 Å². The normalized spacial score (nSPS) is 11.5. The van der Waals surface area contributed by atoms with Gasteiger partial charge in [-0.15, -0.1) is 0 Å². The quantitative estimate of drug-likeness (QED) is 0.724. The Morgan fingerprint density at radius 3 is 2.50 bits per heavy atom. The Hall–Kier alpha value is -3.15. The Bertz CT molecular complexity index is 1010. The molecule has 0 amide bonds. The Labute approximate surface area is 151 Å². The minimum atomic E-state index is -1.29. The van der Waals surface area contributed by atoms with Gasteiger partial charge in [0.25, 0.3) is 0 Å². The minimum Gasteiger partial charge on any atom is -0.505 e. The fraction of sp³-hybridized carbons (Fsp3) is 0.250. The van der Waals surface area contributed by atoms with Crippen LogP contribution in [0.25, 0.3) is 10.9 Å². The summed E-state index contributed by atoms with van der Waals surface area (Å²) in [5, 5.41) is 19.6. The number of aromatic nitrogens is 2. The highest BCUT2D eigenvalue weighted by Crippen LogP contribution is 2.32. The molecule has 134 valence electrons. The molecular formula is C20H20N2O4. The van der Waals surface area contributed by atoms with E-state index in [0.717, 1.165) is 5.56 Å². The van der Waals surface area contributed by atoms with E-state index in [0.29, 0.717) is 28.2 Å². The SMILES string of the molecule is Cc1nc(C(=O)O)c(O)c2ccc(Oc3cccc(C(C)(C)C)c3)nc12. The molecule has 0 aliphatic carbocycles. The fourth-order valence-electron chi connectivity index (χ4n) is 2.66. The molecule has 1 aromatic carbocycles. The number of rotatable bonds is 3. The van der Waals surface area contributed by atoms with Crippen molar-refractivity contribution in [2.75, 3.05) is 0 Å². The van der Waals surface area contributed by atoms with Crippen molar-refractivity contribution in [2.45, 2.75) is 33.1 Å². The molecule has 0 radical (unpaired) electrons. The molecule has 2 aromatic heterocycles. The number of carboxylic acids is 1. The van der Waals surface area contributed by atoms with Crippen molar-refractivity contribution < 1.29 is 19.7 Å². The van der Waals surface area contributed by atoms with E-state index in [1.165, 1.54) is 0 Å². The lowest BCUT2D eigenvalue weighted by Crippen LogP contribution is -2.10. The first-order valence-corrected chi connectivity index (χ1v) is 8.19. The summed E-state index contributed by atoms with van der Waals surface area (Å²) < 4.78 is 5.86. The number of nitrogens with zero attached hydrogens (tertiary/aromatic N) is 2. The second-order valence-corrected chi connectivity index (χ2v) is 7.13. The Kier molecular flexibility index (Phi) is 4.28. The highest BCUT2D eigenvalue weighted by atomic mass is 16.5. The molecule has 0 aliphatic heterocycles. The van der Waals surface area contributed by atoms with Crippen molar-refractivity contribution in [3.05, 3.63) is 53.3 Å². The van der Waals surface area contributed by atoms with Crippen LogP contribution in [-0.2, 0) is 5.41 Å². The number of aromatic hydroxyl groups is 1. The van der Waals surface area contributed by atoms with Crippen molar-refractivity contribution in [3.63, 3.8) is 0 Å². The summed E-state index contributed by atoms with van der Waals surface area (Å²) >= 11 is 0. The molecule has 0 atom stereocenters. The van der Waals surface area contributed by atoms with Crippen LogP contribution in [0.3, 0.4) is 0 Å². The van der Waals surface area contributed by atoms with Crippen molar-refractivity contribution >= 4 is 16.9 Å². The van der Waals surface area contributed by atoms with Crippen molar-refractivity contribution in [2.24, 2.45) is 0 Å². The summed E-state index contributed by atoms with van der Waals surface area (Å²) in [6.07, 6.45) is 0. The monoisotopic (exact) mass is 352 g/mol. The van der Waals surface area contributed by atoms with Crippen LogP contribution in [0.2, 0.25) is 0 Å². The van der Waals surface area contributed by atoms with Gasteiger partial charge in [0.2, 0.25) is 5.88 Å². The van der Waals surface area contributed by atoms with Crippen molar-refractivity contribution in [1.29, 1.82) is 0 Å². The maximum Gasteiger partial charge on any atom is 0.358 e. The lowest BCUT2D eigenvalue weighted by atomic mass is 9.87. The lowest BCUT2D eigenvalue weighted by Gasteiger charge is -2.19. The molecule has 0 aliphatic rings. The first-order valence-electron chi connectivity index (χ1n) is 8.19. The van der Waals surface area contributed by atoms with Crippen LogP contribution >= 0.6 is 0 Å². The van der Waals surface area contributed by atoms with E-state index < -0.39 is 11.7 Å². The third-order valence-electron chi connectivity index (χ3n) is 4.10. The predicted molar refractivity (Wildman–Crippen MR) is 98.1 cm³/mol. The largest absolute Gasteiger partial charge is 0.505 e. The summed E-state index contributed by atoms with van der Waals surface area (Å²) in [6, 6.07) is 11.0.